The Hall–Kier alpha value is -2.08. The van der Waals surface area contributed by atoms with Crippen LogP contribution in [0.3, 0.4) is 0 Å². The summed E-state index contributed by atoms with van der Waals surface area (Å²) in [7, 11) is 1.64. The second-order valence-electron chi connectivity index (χ2n) is 7.63. The van der Waals surface area contributed by atoms with E-state index < -0.39 is 12.2 Å². The van der Waals surface area contributed by atoms with Gasteiger partial charge >= 0.3 is 0 Å². The van der Waals surface area contributed by atoms with Gasteiger partial charge < -0.3 is 24.6 Å². The van der Waals surface area contributed by atoms with Crippen LogP contribution >= 0.6 is 0 Å². The number of likely N-dealkylation sites (tertiary alicyclic amines) is 1. The fourth-order valence-corrected chi connectivity index (χ4v) is 4.21. The number of piperidine rings is 1. The lowest BCUT2D eigenvalue weighted by molar-refractivity contribution is -0.0587. The van der Waals surface area contributed by atoms with Crippen LogP contribution in [0.4, 0.5) is 0 Å². The molecule has 0 aliphatic carbocycles. The summed E-state index contributed by atoms with van der Waals surface area (Å²) in [5.41, 5.74) is 1.49. The van der Waals surface area contributed by atoms with Crippen molar-refractivity contribution in [2.45, 2.75) is 37.1 Å². The standard InChI is InChI=1S/C22H27NO4/c1-26-17-8-6-16(7-9-17)20(25)15-23-12-10-22(11-13-23)14-19(24)18-4-2-3-5-21(18)27-22/h2-9,19-20,24-25H,10-15H2,1H3/t19-,20+/m1/s1. The monoisotopic (exact) mass is 369 g/mol. The first-order chi connectivity index (χ1) is 13.1. The number of fused-ring (bicyclic) bond motifs is 1. The molecule has 144 valence electrons. The molecule has 27 heavy (non-hydrogen) atoms. The number of β-amino-alcohol motifs (C(OH)–C–C–N with tert-alkyl or cyclic N) is 1. The number of hydrogen-bond acceptors (Lipinski definition) is 5. The molecule has 2 heterocycles. The van der Waals surface area contributed by atoms with E-state index in [2.05, 4.69) is 4.90 Å². The maximum atomic E-state index is 10.6. The Bertz CT molecular complexity index is 768. The van der Waals surface area contributed by atoms with Crippen molar-refractivity contribution in [3.63, 3.8) is 0 Å². The molecule has 0 unspecified atom stereocenters. The average Bonchev–Trinajstić information content (AvgIpc) is 2.70. The predicted molar refractivity (Wildman–Crippen MR) is 103 cm³/mol. The minimum Gasteiger partial charge on any atom is -0.497 e. The van der Waals surface area contributed by atoms with E-state index in [4.69, 9.17) is 9.47 Å². The minimum atomic E-state index is -0.524. The first-order valence-corrected chi connectivity index (χ1v) is 9.59. The summed E-state index contributed by atoms with van der Waals surface area (Å²) in [6.45, 7) is 2.30. The third kappa shape index (κ3) is 3.81. The number of nitrogens with zero attached hydrogens (tertiary/aromatic N) is 1. The van der Waals surface area contributed by atoms with Crippen molar-refractivity contribution in [3.8, 4) is 11.5 Å². The van der Waals surface area contributed by atoms with E-state index in [0.717, 1.165) is 48.6 Å². The summed E-state index contributed by atoms with van der Waals surface area (Å²) in [5.74, 6) is 1.60. The number of para-hydroxylation sites is 1. The maximum Gasteiger partial charge on any atom is 0.125 e. The van der Waals surface area contributed by atoms with Crippen molar-refractivity contribution < 1.29 is 19.7 Å². The van der Waals surface area contributed by atoms with E-state index in [0.29, 0.717) is 13.0 Å². The highest BCUT2D eigenvalue weighted by Crippen LogP contribution is 2.44. The lowest BCUT2D eigenvalue weighted by atomic mass is 9.81. The molecule has 2 aliphatic heterocycles. The zero-order valence-corrected chi connectivity index (χ0v) is 15.7. The smallest absolute Gasteiger partial charge is 0.125 e. The van der Waals surface area contributed by atoms with Gasteiger partial charge in [-0.3, -0.25) is 0 Å². The number of aliphatic hydroxyl groups excluding tert-OH is 2. The quantitative estimate of drug-likeness (QED) is 0.867. The van der Waals surface area contributed by atoms with Gasteiger partial charge in [-0.25, -0.2) is 0 Å². The van der Waals surface area contributed by atoms with Crippen LogP contribution in [-0.4, -0.2) is 47.5 Å². The second-order valence-corrected chi connectivity index (χ2v) is 7.63. The third-order valence-corrected chi connectivity index (χ3v) is 5.87. The van der Waals surface area contributed by atoms with Gasteiger partial charge in [0.05, 0.1) is 19.3 Å². The molecule has 0 amide bonds. The topological polar surface area (TPSA) is 62.2 Å². The zero-order valence-electron chi connectivity index (χ0n) is 15.7. The van der Waals surface area contributed by atoms with Crippen LogP contribution < -0.4 is 9.47 Å². The largest absolute Gasteiger partial charge is 0.497 e. The molecule has 5 nitrogen and oxygen atoms in total. The fourth-order valence-electron chi connectivity index (χ4n) is 4.21. The van der Waals surface area contributed by atoms with Gasteiger partial charge in [-0.05, 0) is 36.6 Å². The number of hydrogen-bond donors (Lipinski definition) is 2. The molecule has 0 bridgehead atoms. The Kier molecular flexibility index (Phi) is 5.08. The summed E-state index contributed by atoms with van der Waals surface area (Å²) in [5, 5.41) is 21.1. The highest BCUT2D eigenvalue weighted by molar-refractivity contribution is 5.38. The van der Waals surface area contributed by atoms with Crippen LogP contribution in [0.1, 0.15) is 42.6 Å². The molecule has 2 aliphatic rings. The summed E-state index contributed by atoms with van der Waals surface area (Å²) in [6, 6.07) is 15.3. The Morgan fingerprint density at radius 1 is 1.15 bits per heavy atom. The van der Waals surface area contributed by atoms with Gasteiger partial charge in [-0.1, -0.05) is 30.3 Å². The van der Waals surface area contributed by atoms with Crippen molar-refractivity contribution in [1.82, 2.24) is 4.90 Å². The zero-order chi connectivity index (χ0) is 18.9. The number of rotatable bonds is 4. The van der Waals surface area contributed by atoms with Gasteiger partial charge in [0.1, 0.15) is 17.1 Å². The highest BCUT2D eigenvalue weighted by Gasteiger charge is 2.42. The molecule has 2 N–H and O–H groups in total. The lowest BCUT2D eigenvalue weighted by Crippen LogP contribution is -2.51. The first kappa shape index (κ1) is 18.3. The van der Waals surface area contributed by atoms with Crippen LogP contribution in [0.25, 0.3) is 0 Å². The van der Waals surface area contributed by atoms with Crippen molar-refractivity contribution in [3.05, 3.63) is 59.7 Å². The summed E-state index contributed by atoms with van der Waals surface area (Å²) >= 11 is 0. The van der Waals surface area contributed by atoms with Gasteiger partial charge in [0.2, 0.25) is 0 Å². The Balaban J connectivity index is 1.36. The van der Waals surface area contributed by atoms with Crippen molar-refractivity contribution >= 4 is 0 Å². The summed E-state index contributed by atoms with van der Waals surface area (Å²) < 4.78 is 11.5. The van der Waals surface area contributed by atoms with Crippen molar-refractivity contribution in [2.75, 3.05) is 26.7 Å². The molecule has 1 saturated heterocycles. The molecule has 4 rings (SSSR count). The summed E-state index contributed by atoms with van der Waals surface area (Å²) in [4.78, 5) is 2.27. The molecule has 0 aromatic heterocycles. The van der Waals surface area contributed by atoms with E-state index in [9.17, 15) is 10.2 Å². The molecule has 0 radical (unpaired) electrons. The molecule has 0 saturated carbocycles. The maximum absolute atomic E-state index is 10.6. The predicted octanol–water partition coefficient (Wildman–Crippen LogP) is 3.08. The SMILES string of the molecule is COc1ccc([C@@H](O)CN2CCC3(CC2)C[C@@H](O)c2ccccc2O3)cc1. The van der Waals surface area contributed by atoms with E-state index in [1.165, 1.54) is 0 Å². The lowest BCUT2D eigenvalue weighted by Gasteiger charge is -2.46. The minimum absolute atomic E-state index is 0.296. The van der Waals surface area contributed by atoms with Gasteiger partial charge in [0.25, 0.3) is 0 Å². The van der Waals surface area contributed by atoms with Crippen LogP contribution in [0.15, 0.2) is 48.5 Å². The van der Waals surface area contributed by atoms with E-state index in [1.54, 1.807) is 7.11 Å². The van der Waals surface area contributed by atoms with E-state index >= 15 is 0 Å². The number of benzene rings is 2. The van der Waals surface area contributed by atoms with E-state index in [-0.39, 0.29) is 5.60 Å². The molecule has 5 heteroatoms. The van der Waals surface area contributed by atoms with Gasteiger partial charge in [0.15, 0.2) is 0 Å². The van der Waals surface area contributed by atoms with Crippen molar-refractivity contribution in [1.29, 1.82) is 0 Å². The Labute approximate surface area is 160 Å². The van der Waals surface area contributed by atoms with Gasteiger partial charge in [-0.15, -0.1) is 0 Å². The average molecular weight is 369 g/mol. The molecule has 2 aromatic carbocycles. The third-order valence-electron chi connectivity index (χ3n) is 5.87. The van der Waals surface area contributed by atoms with Gasteiger partial charge in [-0.2, -0.15) is 0 Å². The van der Waals surface area contributed by atoms with Crippen LogP contribution in [0, 0.1) is 0 Å². The molecule has 2 atom stereocenters. The van der Waals surface area contributed by atoms with Crippen LogP contribution in [0.2, 0.25) is 0 Å². The number of ether oxygens (including phenoxy) is 2. The van der Waals surface area contributed by atoms with Crippen molar-refractivity contribution in [2.24, 2.45) is 0 Å². The molecular formula is C22H27NO4. The van der Waals surface area contributed by atoms with Crippen LogP contribution in [0.5, 0.6) is 11.5 Å². The first-order valence-electron chi connectivity index (χ1n) is 9.59. The summed E-state index contributed by atoms with van der Waals surface area (Å²) in [6.07, 6.45) is 1.36. The Morgan fingerprint density at radius 3 is 2.56 bits per heavy atom. The van der Waals surface area contributed by atoms with E-state index in [1.807, 2.05) is 48.5 Å². The molecular weight excluding hydrogens is 342 g/mol. The van der Waals surface area contributed by atoms with Crippen LogP contribution in [-0.2, 0) is 0 Å². The highest BCUT2D eigenvalue weighted by atomic mass is 16.5. The molecule has 1 spiro atoms. The fraction of sp³-hybridized carbons (Fsp3) is 0.455. The number of methoxy groups -OCH3 is 1. The van der Waals surface area contributed by atoms with Gasteiger partial charge in [0, 0.05) is 31.6 Å². The normalized spacial score (nSPS) is 22.7. The molecule has 2 aromatic rings. The number of aliphatic hydroxyl groups is 2. The second kappa shape index (κ2) is 7.50. The molecule has 1 fully saturated rings. The Morgan fingerprint density at radius 2 is 1.85 bits per heavy atom.